The van der Waals surface area contributed by atoms with Gasteiger partial charge in [-0.2, -0.15) is 0 Å². The molecule has 0 saturated heterocycles. The molecule has 0 unspecified atom stereocenters. The summed E-state index contributed by atoms with van der Waals surface area (Å²) in [6.07, 6.45) is -0.377. The summed E-state index contributed by atoms with van der Waals surface area (Å²) >= 11 is 6.56. The van der Waals surface area contributed by atoms with Gasteiger partial charge in [-0.3, -0.25) is 14.4 Å². The summed E-state index contributed by atoms with van der Waals surface area (Å²) in [7, 11) is 1.21. The van der Waals surface area contributed by atoms with Crippen molar-refractivity contribution in [2.24, 2.45) is 0 Å². The summed E-state index contributed by atoms with van der Waals surface area (Å²) in [5, 5.41) is 5.27. The molecule has 24 heavy (non-hydrogen) atoms. The molecule has 0 aliphatic carbocycles. The van der Waals surface area contributed by atoms with Crippen molar-refractivity contribution in [3.05, 3.63) is 45.1 Å². The van der Waals surface area contributed by atoms with Crippen LogP contribution in [0, 0.1) is 0 Å². The zero-order valence-corrected chi connectivity index (χ0v) is 15.7. The van der Waals surface area contributed by atoms with Gasteiger partial charge in [-0.05, 0) is 56.1 Å². The number of methoxy groups -OCH3 is 1. The lowest BCUT2D eigenvalue weighted by atomic mass is 10.2. The highest BCUT2D eigenvalue weighted by atomic mass is 79.9. The van der Waals surface area contributed by atoms with E-state index in [4.69, 9.17) is 0 Å². The Morgan fingerprint density at radius 3 is 2.38 bits per heavy atom. The average molecular weight is 459 g/mol. The molecule has 3 N–H and O–H groups in total. The van der Waals surface area contributed by atoms with E-state index >= 15 is 0 Å². The Kier molecular flexibility index (Phi) is 6.16. The number of benzene rings is 1. The molecule has 0 aliphatic rings. The standard InChI is InChI=1S/C15H13Br2N3O4/c1-24-13(22)7-12(21)18-8-3-2-4-9(5-8)19-15(23)11-6-10(16)14(17)20-11/h2-6,20H,7H2,1H3,(H,18,21)(H,19,23). The molecule has 2 rings (SSSR count). The topological polar surface area (TPSA) is 100 Å². The molecule has 2 aromatic rings. The van der Waals surface area contributed by atoms with Gasteiger partial charge in [-0.25, -0.2) is 0 Å². The average Bonchev–Trinajstić information content (AvgIpc) is 2.87. The number of esters is 1. The molecule has 0 atom stereocenters. The number of aromatic nitrogens is 1. The van der Waals surface area contributed by atoms with E-state index in [0.29, 0.717) is 21.7 Å². The first-order valence-electron chi connectivity index (χ1n) is 6.71. The van der Waals surface area contributed by atoms with Crippen molar-refractivity contribution in [3.8, 4) is 0 Å². The predicted octanol–water partition coefficient (Wildman–Crippen LogP) is 3.29. The van der Waals surface area contributed by atoms with E-state index in [1.54, 1.807) is 30.3 Å². The van der Waals surface area contributed by atoms with Crippen molar-refractivity contribution in [1.82, 2.24) is 4.98 Å². The van der Waals surface area contributed by atoms with Gasteiger partial charge in [-0.1, -0.05) is 6.07 Å². The van der Waals surface area contributed by atoms with E-state index in [0.717, 1.165) is 4.47 Å². The second kappa shape index (κ2) is 8.11. The van der Waals surface area contributed by atoms with Gasteiger partial charge < -0.3 is 20.4 Å². The third kappa shape index (κ3) is 4.93. The van der Waals surface area contributed by atoms with Crippen LogP contribution in [0.5, 0.6) is 0 Å². The minimum Gasteiger partial charge on any atom is -0.469 e. The van der Waals surface area contributed by atoms with Crippen LogP contribution < -0.4 is 10.6 Å². The third-order valence-corrected chi connectivity index (χ3v) is 4.69. The first-order valence-corrected chi connectivity index (χ1v) is 8.29. The Bertz CT molecular complexity index is 769. The fourth-order valence-corrected chi connectivity index (χ4v) is 2.46. The first kappa shape index (κ1) is 18.2. The van der Waals surface area contributed by atoms with Crippen LogP contribution in [0.1, 0.15) is 16.9 Å². The van der Waals surface area contributed by atoms with E-state index in [9.17, 15) is 14.4 Å². The molecule has 0 bridgehead atoms. The molecule has 126 valence electrons. The molecule has 7 nitrogen and oxygen atoms in total. The van der Waals surface area contributed by atoms with Crippen molar-refractivity contribution in [2.45, 2.75) is 6.42 Å². The molecule has 0 fully saturated rings. The van der Waals surface area contributed by atoms with Crippen LogP contribution >= 0.6 is 31.9 Å². The fourth-order valence-electron chi connectivity index (χ4n) is 1.81. The Morgan fingerprint density at radius 2 is 1.79 bits per heavy atom. The molecular weight excluding hydrogens is 446 g/mol. The maximum absolute atomic E-state index is 12.2. The van der Waals surface area contributed by atoms with E-state index in [2.05, 4.69) is 52.2 Å². The molecule has 2 amide bonds. The van der Waals surface area contributed by atoms with E-state index < -0.39 is 11.9 Å². The first-order chi connectivity index (χ1) is 11.4. The molecule has 1 aromatic heterocycles. The van der Waals surface area contributed by atoms with Crippen LogP contribution in [0.15, 0.2) is 39.4 Å². The van der Waals surface area contributed by atoms with Crippen molar-refractivity contribution in [1.29, 1.82) is 0 Å². The molecular formula is C15H13Br2N3O4. The van der Waals surface area contributed by atoms with Gasteiger partial charge in [0.2, 0.25) is 5.91 Å². The van der Waals surface area contributed by atoms with Gasteiger partial charge in [0.05, 0.1) is 16.2 Å². The van der Waals surface area contributed by atoms with Crippen LogP contribution in [-0.4, -0.2) is 29.9 Å². The molecule has 0 radical (unpaired) electrons. The molecule has 1 heterocycles. The van der Waals surface area contributed by atoms with Crippen molar-refractivity contribution in [2.75, 3.05) is 17.7 Å². The monoisotopic (exact) mass is 457 g/mol. The number of aromatic amines is 1. The quantitative estimate of drug-likeness (QED) is 0.472. The summed E-state index contributed by atoms with van der Waals surface area (Å²) in [4.78, 5) is 37.8. The number of hydrogen-bond acceptors (Lipinski definition) is 4. The molecule has 0 spiro atoms. The highest BCUT2D eigenvalue weighted by Gasteiger charge is 2.13. The van der Waals surface area contributed by atoms with E-state index in [1.165, 1.54) is 7.11 Å². The van der Waals surface area contributed by atoms with Crippen molar-refractivity contribution < 1.29 is 19.1 Å². The smallest absolute Gasteiger partial charge is 0.315 e. The molecule has 1 aromatic carbocycles. The third-order valence-electron chi connectivity index (χ3n) is 2.91. The number of hydrogen-bond donors (Lipinski definition) is 3. The predicted molar refractivity (Wildman–Crippen MR) is 95.9 cm³/mol. The fraction of sp³-hybridized carbons (Fsp3) is 0.133. The highest BCUT2D eigenvalue weighted by Crippen LogP contribution is 2.24. The van der Waals surface area contributed by atoms with E-state index in [-0.39, 0.29) is 12.3 Å². The largest absolute Gasteiger partial charge is 0.469 e. The van der Waals surface area contributed by atoms with Crippen molar-refractivity contribution >= 4 is 61.0 Å². The van der Waals surface area contributed by atoms with Gasteiger partial charge in [0.1, 0.15) is 12.1 Å². The lowest BCUT2D eigenvalue weighted by Crippen LogP contribution is -2.17. The normalized spacial score (nSPS) is 10.1. The lowest BCUT2D eigenvalue weighted by molar-refractivity contribution is -0.142. The number of rotatable bonds is 5. The SMILES string of the molecule is COC(=O)CC(=O)Nc1cccc(NC(=O)c2cc(Br)c(Br)[nH]2)c1. The number of anilines is 2. The lowest BCUT2D eigenvalue weighted by Gasteiger charge is -2.08. The zero-order chi connectivity index (χ0) is 17.7. The molecule has 0 aliphatic heterocycles. The number of halogens is 2. The number of nitrogens with one attached hydrogen (secondary N) is 3. The second-order valence-corrected chi connectivity index (χ2v) is 6.33. The number of carbonyl (C=O) groups is 3. The van der Waals surface area contributed by atoms with Gasteiger partial charge in [0, 0.05) is 11.4 Å². The number of ether oxygens (including phenoxy) is 1. The van der Waals surface area contributed by atoms with E-state index in [1.807, 2.05) is 0 Å². The van der Waals surface area contributed by atoms with Crippen LogP contribution in [0.25, 0.3) is 0 Å². The summed E-state index contributed by atoms with van der Waals surface area (Å²) in [6, 6.07) is 8.22. The molecule has 9 heteroatoms. The van der Waals surface area contributed by atoms with Crippen LogP contribution in [0.2, 0.25) is 0 Å². The minimum absolute atomic E-state index is 0.334. The highest BCUT2D eigenvalue weighted by molar-refractivity contribution is 9.13. The zero-order valence-electron chi connectivity index (χ0n) is 12.5. The Labute approximate surface area is 154 Å². The Hall–Kier alpha value is -2.13. The molecule has 0 saturated carbocycles. The van der Waals surface area contributed by atoms with Crippen LogP contribution in [0.4, 0.5) is 11.4 Å². The number of H-pyrrole nitrogens is 1. The van der Waals surface area contributed by atoms with Gasteiger partial charge in [0.25, 0.3) is 5.91 Å². The summed E-state index contributed by atoms with van der Waals surface area (Å²) in [6.45, 7) is 0. The maximum Gasteiger partial charge on any atom is 0.315 e. The number of amides is 2. The Balaban J connectivity index is 2.03. The van der Waals surface area contributed by atoms with Gasteiger partial charge in [-0.15, -0.1) is 0 Å². The summed E-state index contributed by atoms with van der Waals surface area (Å²) in [5.41, 5.74) is 1.32. The van der Waals surface area contributed by atoms with Crippen molar-refractivity contribution in [3.63, 3.8) is 0 Å². The van der Waals surface area contributed by atoms with Crippen LogP contribution in [0.3, 0.4) is 0 Å². The Morgan fingerprint density at radius 1 is 1.12 bits per heavy atom. The summed E-state index contributed by atoms with van der Waals surface area (Å²) in [5.74, 6) is -1.46. The summed E-state index contributed by atoms with van der Waals surface area (Å²) < 4.78 is 5.82. The number of carbonyl (C=O) groups excluding carboxylic acids is 3. The second-order valence-electron chi connectivity index (χ2n) is 4.68. The minimum atomic E-state index is -0.625. The van der Waals surface area contributed by atoms with Crippen LogP contribution in [-0.2, 0) is 14.3 Å². The van der Waals surface area contributed by atoms with Gasteiger partial charge in [0.15, 0.2) is 0 Å². The van der Waals surface area contributed by atoms with Gasteiger partial charge >= 0.3 is 5.97 Å². The maximum atomic E-state index is 12.2.